The highest BCUT2D eigenvalue weighted by atomic mass is 35.5. The summed E-state index contributed by atoms with van der Waals surface area (Å²) in [5, 5.41) is 19.5. The van der Waals surface area contributed by atoms with Gasteiger partial charge in [-0.05, 0) is 30.5 Å². The molecule has 0 aromatic heterocycles. The normalized spacial score (nSPS) is 17.1. The molecule has 1 atom stereocenters. The molecule has 5 nitrogen and oxygen atoms in total. The van der Waals surface area contributed by atoms with Crippen LogP contribution in [0.25, 0.3) is 0 Å². The van der Waals surface area contributed by atoms with E-state index in [1.165, 1.54) is 6.07 Å². The Morgan fingerprint density at radius 2 is 2.19 bits per heavy atom. The minimum absolute atomic E-state index is 0.0640. The SMILES string of the molecule is CCCC(=O)C[C@H]1Cc2cc(Cl)cc(C(=O)O)c2OB1O. The lowest BCUT2D eigenvalue weighted by atomic mass is 9.64. The summed E-state index contributed by atoms with van der Waals surface area (Å²) in [6, 6.07) is 2.91. The second-order valence-corrected chi connectivity index (χ2v) is 5.65. The number of aromatic carboxylic acids is 1. The molecule has 1 aliphatic rings. The lowest BCUT2D eigenvalue weighted by molar-refractivity contribution is -0.119. The molecule has 1 aromatic rings. The fourth-order valence-corrected chi connectivity index (χ4v) is 2.79. The number of fused-ring (bicyclic) bond motifs is 1. The molecule has 7 heteroatoms. The van der Waals surface area contributed by atoms with Crippen LogP contribution in [-0.2, 0) is 11.2 Å². The van der Waals surface area contributed by atoms with E-state index < -0.39 is 13.1 Å². The Bertz CT molecular complexity index is 575. The number of Topliss-reactive ketones (excluding diaryl/α,β-unsaturated/α-hetero) is 1. The van der Waals surface area contributed by atoms with Crippen molar-refractivity contribution in [2.45, 2.75) is 38.4 Å². The molecule has 1 aromatic carbocycles. The number of benzene rings is 1. The van der Waals surface area contributed by atoms with Gasteiger partial charge in [0.05, 0.1) is 0 Å². The van der Waals surface area contributed by atoms with E-state index in [1.807, 2.05) is 6.92 Å². The smallest absolute Gasteiger partial charge is 0.526 e. The third-order valence-electron chi connectivity index (χ3n) is 3.50. The van der Waals surface area contributed by atoms with E-state index in [9.17, 15) is 14.6 Å². The van der Waals surface area contributed by atoms with Crippen molar-refractivity contribution in [3.8, 4) is 5.75 Å². The third-order valence-corrected chi connectivity index (χ3v) is 3.72. The highest BCUT2D eigenvalue weighted by Gasteiger charge is 2.37. The van der Waals surface area contributed by atoms with Crippen LogP contribution in [0, 0.1) is 0 Å². The Labute approximate surface area is 128 Å². The molecule has 2 rings (SSSR count). The van der Waals surface area contributed by atoms with Crippen LogP contribution in [0.2, 0.25) is 10.8 Å². The summed E-state index contributed by atoms with van der Waals surface area (Å²) in [5.41, 5.74) is 0.536. The van der Waals surface area contributed by atoms with E-state index in [1.54, 1.807) is 6.07 Å². The molecule has 0 unspecified atom stereocenters. The van der Waals surface area contributed by atoms with Crippen molar-refractivity contribution in [3.63, 3.8) is 0 Å². The molecule has 21 heavy (non-hydrogen) atoms. The Morgan fingerprint density at radius 1 is 1.48 bits per heavy atom. The Hall–Kier alpha value is -1.53. The minimum Gasteiger partial charge on any atom is -0.535 e. The summed E-state index contributed by atoms with van der Waals surface area (Å²) < 4.78 is 5.33. The second-order valence-electron chi connectivity index (χ2n) is 5.21. The quantitative estimate of drug-likeness (QED) is 0.817. The van der Waals surface area contributed by atoms with Crippen LogP contribution in [0.15, 0.2) is 12.1 Å². The molecule has 1 aliphatic heterocycles. The standard InChI is InChI=1S/C14H16BClO5/c1-2-3-11(17)6-9-4-8-5-10(16)7-12(14(18)19)13(8)21-15(9)20/h5,7,9,20H,2-4,6H2,1H3,(H,18,19)/t9-/m1/s1. The lowest BCUT2D eigenvalue weighted by Crippen LogP contribution is -2.35. The first kappa shape index (κ1) is 15.9. The molecule has 0 saturated carbocycles. The summed E-state index contributed by atoms with van der Waals surface area (Å²) in [5.74, 6) is -1.34. The molecule has 0 amide bonds. The van der Waals surface area contributed by atoms with Gasteiger partial charge in [-0.15, -0.1) is 0 Å². The van der Waals surface area contributed by atoms with Crippen molar-refractivity contribution in [2.75, 3.05) is 0 Å². The van der Waals surface area contributed by atoms with E-state index in [0.717, 1.165) is 6.42 Å². The Balaban J connectivity index is 2.26. The second kappa shape index (κ2) is 6.49. The lowest BCUT2D eigenvalue weighted by Gasteiger charge is -2.28. The van der Waals surface area contributed by atoms with Crippen molar-refractivity contribution in [1.29, 1.82) is 0 Å². The number of ketones is 1. The predicted molar refractivity (Wildman–Crippen MR) is 79.0 cm³/mol. The summed E-state index contributed by atoms with van der Waals surface area (Å²) in [7, 11) is -1.18. The van der Waals surface area contributed by atoms with Gasteiger partial charge < -0.3 is 14.8 Å². The van der Waals surface area contributed by atoms with Gasteiger partial charge in [0.2, 0.25) is 0 Å². The van der Waals surface area contributed by atoms with Gasteiger partial charge in [-0.3, -0.25) is 4.79 Å². The number of carbonyl (C=O) groups excluding carboxylic acids is 1. The monoisotopic (exact) mass is 310 g/mol. The van der Waals surface area contributed by atoms with Gasteiger partial charge in [0, 0.05) is 23.7 Å². The van der Waals surface area contributed by atoms with Crippen molar-refractivity contribution in [1.82, 2.24) is 0 Å². The van der Waals surface area contributed by atoms with Crippen LogP contribution in [0.3, 0.4) is 0 Å². The zero-order valence-corrected chi connectivity index (χ0v) is 12.4. The molecular weight excluding hydrogens is 294 g/mol. The Morgan fingerprint density at radius 3 is 2.81 bits per heavy atom. The topological polar surface area (TPSA) is 83.8 Å². The molecule has 1 heterocycles. The van der Waals surface area contributed by atoms with E-state index in [0.29, 0.717) is 23.4 Å². The summed E-state index contributed by atoms with van der Waals surface area (Å²) >= 11 is 5.92. The number of carboxylic acid groups (broad SMARTS) is 1. The van der Waals surface area contributed by atoms with Gasteiger partial charge in [0.15, 0.2) is 0 Å². The zero-order chi connectivity index (χ0) is 15.6. The number of carbonyl (C=O) groups is 2. The van der Waals surface area contributed by atoms with Crippen molar-refractivity contribution < 1.29 is 24.4 Å². The minimum atomic E-state index is -1.18. The number of halogens is 1. The molecular formula is C14H16BClO5. The van der Waals surface area contributed by atoms with Crippen LogP contribution < -0.4 is 4.65 Å². The maximum absolute atomic E-state index is 11.7. The molecule has 2 N–H and O–H groups in total. The first-order valence-electron chi connectivity index (χ1n) is 6.84. The average Bonchev–Trinajstić information content (AvgIpc) is 2.39. The summed E-state index contributed by atoms with van der Waals surface area (Å²) in [4.78, 5) is 22.9. The van der Waals surface area contributed by atoms with Crippen molar-refractivity contribution >= 4 is 30.5 Å². The summed E-state index contributed by atoms with van der Waals surface area (Å²) in [6.07, 6.45) is 1.80. The van der Waals surface area contributed by atoms with Gasteiger partial charge >= 0.3 is 13.1 Å². The zero-order valence-electron chi connectivity index (χ0n) is 11.6. The number of rotatable bonds is 5. The van der Waals surface area contributed by atoms with Crippen molar-refractivity contribution in [2.24, 2.45) is 0 Å². The van der Waals surface area contributed by atoms with Crippen LogP contribution >= 0.6 is 11.6 Å². The number of hydrogen-bond acceptors (Lipinski definition) is 4. The molecule has 0 aliphatic carbocycles. The molecule has 0 fully saturated rings. The van der Waals surface area contributed by atoms with Gasteiger partial charge in [-0.1, -0.05) is 18.5 Å². The van der Waals surface area contributed by atoms with Crippen LogP contribution in [0.4, 0.5) is 0 Å². The van der Waals surface area contributed by atoms with E-state index in [2.05, 4.69) is 0 Å². The molecule has 0 saturated heterocycles. The van der Waals surface area contributed by atoms with E-state index >= 15 is 0 Å². The van der Waals surface area contributed by atoms with Crippen LogP contribution in [-0.4, -0.2) is 29.0 Å². The van der Waals surface area contributed by atoms with Gasteiger partial charge in [-0.2, -0.15) is 0 Å². The Kier molecular flexibility index (Phi) is 4.90. The molecule has 112 valence electrons. The maximum atomic E-state index is 11.7. The average molecular weight is 311 g/mol. The molecule has 0 bridgehead atoms. The first-order valence-corrected chi connectivity index (χ1v) is 7.22. The van der Waals surface area contributed by atoms with Gasteiger partial charge in [0.1, 0.15) is 17.1 Å². The molecule has 0 radical (unpaired) electrons. The predicted octanol–water partition coefficient (Wildman–Crippen LogP) is 2.58. The first-order chi connectivity index (χ1) is 9.92. The highest BCUT2D eigenvalue weighted by molar-refractivity contribution is 6.47. The van der Waals surface area contributed by atoms with E-state index in [-0.39, 0.29) is 29.3 Å². The van der Waals surface area contributed by atoms with Crippen molar-refractivity contribution in [3.05, 3.63) is 28.3 Å². The highest BCUT2D eigenvalue weighted by Crippen LogP contribution is 2.38. The largest absolute Gasteiger partial charge is 0.535 e. The maximum Gasteiger partial charge on any atom is 0.526 e. The molecule has 0 spiro atoms. The van der Waals surface area contributed by atoms with Gasteiger partial charge in [0.25, 0.3) is 0 Å². The van der Waals surface area contributed by atoms with Crippen LogP contribution in [0.1, 0.15) is 42.1 Å². The summed E-state index contributed by atoms with van der Waals surface area (Å²) in [6.45, 7) is 1.92. The number of carboxylic acids is 1. The fraction of sp³-hybridized carbons (Fsp3) is 0.429. The third kappa shape index (κ3) is 3.57. The fourth-order valence-electron chi connectivity index (χ4n) is 2.55. The number of hydrogen-bond donors (Lipinski definition) is 2. The van der Waals surface area contributed by atoms with Crippen LogP contribution in [0.5, 0.6) is 5.75 Å². The van der Waals surface area contributed by atoms with E-state index in [4.69, 9.17) is 21.4 Å². The van der Waals surface area contributed by atoms with Gasteiger partial charge in [-0.25, -0.2) is 4.79 Å².